The molecule has 1 fully saturated rings. The highest BCUT2D eigenvalue weighted by Crippen LogP contribution is 2.32. The van der Waals surface area contributed by atoms with Gasteiger partial charge in [0.25, 0.3) is 0 Å². The van der Waals surface area contributed by atoms with Crippen LogP contribution in [0.3, 0.4) is 0 Å². The van der Waals surface area contributed by atoms with Gasteiger partial charge in [-0.15, -0.1) is 0 Å². The lowest BCUT2D eigenvalue weighted by Crippen LogP contribution is -2.30. The van der Waals surface area contributed by atoms with Gasteiger partial charge in [-0.25, -0.2) is 4.39 Å². The van der Waals surface area contributed by atoms with E-state index in [4.69, 9.17) is 10.5 Å². The van der Waals surface area contributed by atoms with Gasteiger partial charge in [0.05, 0.1) is 0 Å². The number of benzene rings is 1. The normalized spacial score (nSPS) is 23.9. The molecule has 0 radical (unpaired) electrons. The predicted molar refractivity (Wildman–Crippen MR) is 71.0 cm³/mol. The highest BCUT2D eigenvalue weighted by atomic mass is 19.1. The van der Waals surface area contributed by atoms with E-state index >= 15 is 0 Å². The summed E-state index contributed by atoms with van der Waals surface area (Å²) in [6.07, 6.45) is 5.89. The minimum Gasteiger partial charge on any atom is -0.487 e. The smallest absolute Gasteiger partial charge is 0.165 e. The van der Waals surface area contributed by atoms with Gasteiger partial charge in [-0.2, -0.15) is 0 Å². The second-order valence-corrected chi connectivity index (χ2v) is 5.04. The van der Waals surface area contributed by atoms with Crippen LogP contribution in [0.4, 0.5) is 4.39 Å². The topological polar surface area (TPSA) is 35.2 Å². The van der Waals surface area contributed by atoms with E-state index in [0.717, 1.165) is 18.4 Å². The van der Waals surface area contributed by atoms with Crippen LogP contribution in [0.2, 0.25) is 0 Å². The molecular weight excluding hydrogens is 229 g/mol. The molecule has 2 nitrogen and oxygen atoms in total. The molecule has 1 aliphatic carbocycles. The number of para-hydroxylation sites is 1. The number of ether oxygens (including phenoxy) is 1. The fourth-order valence-corrected chi connectivity index (χ4v) is 2.79. The van der Waals surface area contributed by atoms with Crippen molar-refractivity contribution in [3.8, 4) is 5.75 Å². The molecular formula is C15H22FNO. The maximum absolute atomic E-state index is 13.8. The van der Waals surface area contributed by atoms with Crippen molar-refractivity contribution in [2.75, 3.05) is 0 Å². The summed E-state index contributed by atoms with van der Waals surface area (Å²) in [7, 11) is 0. The lowest BCUT2D eigenvalue weighted by Gasteiger charge is -2.31. The van der Waals surface area contributed by atoms with Gasteiger partial charge in [-0.05, 0) is 37.7 Å². The minimum atomic E-state index is -0.293. The summed E-state index contributed by atoms with van der Waals surface area (Å²) in [5.41, 5.74) is 6.40. The van der Waals surface area contributed by atoms with Crippen molar-refractivity contribution in [1.82, 2.24) is 0 Å². The molecule has 1 aromatic carbocycles. The van der Waals surface area contributed by atoms with Crippen molar-refractivity contribution in [2.24, 2.45) is 11.7 Å². The highest BCUT2D eigenvalue weighted by Gasteiger charge is 2.26. The zero-order valence-electron chi connectivity index (χ0n) is 11.0. The van der Waals surface area contributed by atoms with E-state index in [1.165, 1.54) is 25.3 Å². The Balaban J connectivity index is 2.17. The van der Waals surface area contributed by atoms with Gasteiger partial charge >= 0.3 is 0 Å². The summed E-state index contributed by atoms with van der Waals surface area (Å²) in [5.74, 6) is 0.618. The van der Waals surface area contributed by atoms with Crippen LogP contribution in [-0.4, -0.2) is 6.10 Å². The second kappa shape index (κ2) is 6.19. The Morgan fingerprint density at radius 2 is 2.11 bits per heavy atom. The maximum atomic E-state index is 13.8. The van der Waals surface area contributed by atoms with E-state index in [1.54, 1.807) is 6.07 Å². The highest BCUT2D eigenvalue weighted by molar-refractivity contribution is 5.35. The lowest BCUT2D eigenvalue weighted by molar-refractivity contribution is 0.0853. The predicted octanol–water partition coefficient (Wildman–Crippen LogP) is 3.63. The van der Waals surface area contributed by atoms with Crippen molar-refractivity contribution in [3.05, 3.63) is 29.6 Å². The van der Waals surface area contributed by atoms with Crippen molar-refractivity contribution in [2.45, 2.75) is 51.7 Å². The number of hydrogen-bond donors (Lipinski definition) is 1. The molecule has 0 bridgehead atoms. The lowest BCUT2D eigenvalue weighted by atomic mass is 9.84. The SMILES string of the molecule is CCC1CCCCC1Oc1c(F)cccc1CN. The van der Waals surface area contributed by atoms with Crippen LogP contribution in [0.1, 0.15) is 44.6 Å². The molecule has 0 saturated heterocycles. The molecule has 0 aromatic heterocycles. The van der Waals surface area contributed by atoms with Gasteiger partial charge in [0.15, 0.2) is 11.6 Å². The summed E-state index contributed by atoms with van der Waals surface area (Å²) in [4.78, 5) is 0. The molecule has 0 aliphatic heterocycles. The van der Waals surface area contributed by atoms with Gasteiger partial charge in [-0.3, -0.25) is 0 Å². The van der Waals surface area contributed by atoms with E-state index in [-0.39, 0.29) is 11.9 Å². The first-order valence-electron chi connectivity index (χ1n) is 6.90. The molecule has 0 amide bonds. The first-order valence-corrected chi connectivity index (χ1v) is 6.90. The summed E-state index contributed by atoms with van der Waals surface area (Å²) in [5, 5.41) is 0. The number of halogens is 1. The largest absolute Gasteiger partial charge is 0.487 e. The second-order valence-electron chi connectivity index (χ2n) is 5.04. The molecule has 18 heavy (non-hydrogen) atoms. The van der Waals surface area contributed by atoms with Gasteiger partial charge in [0, 0.05) is 12.1 Å². The minimum absolute atomic E-state index is 0.144. The van der Waals surface area contributed by atoms with Crippen LogP contribution in [0.15, 0.2) is 18.2 Å². The van der Waals surface area contributed by atoms with Crippen LogP contribution < -0.4 is 10.5 Å². The number of nitrogens with two attached hydrogens (primary N) is 1. The van der Waals surface area contributed by atoms with Crippen LogP contribution in [0.25, 0.3) is 0 Å². The van der Waals surface area contributed by atoms with Crippen molar-refractivity contribution in [1.29, 1.82) is 0 Å². The van der Waals surface area contributed by atoms with Crippen LogP contribution in [-0.2, 0) is 6.54 Å². The Morgan fingerprint density at radius 3 is 2.83 bits per heavy atom. The van der Waals surface area contributed by atoms with Crippen LogP contribution >= 0.6 is 0 Å². The molecule has 3 heteroatoms. The maximum Gasteiger partial charge on any atom is 0.165 e. The van der Waals surface area contributed by atoms with Crippen LogP contribution in [0.5, 0.6) is 5.75 Å². The first kappa shape index (κ1) is 13.3. The van der Waals surface area contributed by atoms with Crippen molar-refractivity contribution < 1.29 is 9.13 Å². The summed E-state index contributed by atoms with van der Waals surface area (Å²) < 4.78 is 19.8. The zero-order valence-corrected chi connectivity index (χ0v) is 11.0. The van der Waals surface area contributed by atoms with Crippen molar-refractivity contribution >= 4 is 0 Å². The monoisotopic (exact) mass is 251 g/mol. The third-order valence-electron chi connectivity index (χ3n) is 3.90. The van der Waals surface area contributed by atoms with Gasteiger partial charge < -0.3 is 10.5 Å². The Bertz CT molecular complexity index is 394. The summed E-state index contributed by atoms with van der Waals surface area (Å²) in [6.45, 7) is 2.49. The van der Waals surface area contributed by atoms with Gasteiger partial charge in [0.1, 0.15) is 6.10 Å². The Morgan fingerprint density at radius 1 is 1.33 bits per heavy atom. The number of rotatable bonds is 4. The molecule has 2 unspecified atom stereocenters. The van der Waals surface area contributed by atoms with Gasteiger partial charge in [-0.1, -0.05) is 25.5 Å². The fourth-order valence-electron chi connectivity index (χ4n) is 2.79. The Hall–Kier alpha value is -1.09. The first-order chi connectivity index (χ1) is 8.76. The third-order valence-corrected chi connectivity index (χ3v) is 3.90. The average molecular weight is 251 g/mol. The molecule has 1 aliphatic rings. The fraction of sp³-hybridized carbons (Fsp3) is 0.600. The standard InChI is InChI=1S/C15H22FNO/c1-2-11-6-3-4-9-14(11)18-15-12(10-17)7-5-8-13(15)16/h5,7-8,11,14H,2-4,6,9-10,17H2,1H3. The van der Waals surface area contributed by atoms with E-state index < -0.39 is 0 Å². The number of hydrogen-bond acceptors (Lipinski definition) is 2. The molecule has 1 aromatic rings. The molecule has 100 valence electrons. The molecule has 0 heterocycles. The molecule has 2 atom stereocenters. The average Bonchev–Trinajstić information content (AvgIpc) is 2.41. The summed E-state index contributed by atoms with van der Waals surface area (Å²) in [6, 6.07) is 4.96. The van der Waals surface area contributed by atoms with Crippen molar-refractivity contribution in [3.63, 3.8) is 0 Å². The van der Waals surface area contributed by atoms with E-state index in [0.29, 0.717) is 18.2 Å². The quantitative estimate of drug-likeness (QED) is 0.886. The van der Waals surface area contributed by atoms with Crippen LogP contribution in [0, 0.1) is 11.7 Å². The third kappa shape index (κ3) is 2.83. The molecule has 1 saturated carbocycles. The van der Waals surface area contributed by atoms with Gasteiger partial charge in [0.2, 0.25) is 0 Å². The van der Waals surface area contributed by atoms with E-state index in [2.05, 4.69) is 6.92 Å². The molecule has 2 rings (SSSR count). The van der Waals surface area contributed by atoms with E-state index in [9.17, 15) is 4.39 Å². The summed E-state index contributed by atoms with van der Waals surface area (Å²) >= 11 is 0. The Labute approximate surface area is 108 Å². The molecule has 0 spiro atoms. The molecule has 2 N–H and O–H groups in total. The van der Waals surface area contributed by atoms with E-state index in [1.807, 2.05) is 6.07 Å². The Kier molecular flexibility index (Phi) is 4.59. The zero-order chi connectivity index (χ0) is 13.0.